The van der Waals surface area contributed by atoms with E-state index in [0.29, 0.717) is 19.5 Å². The number of amides is 2. The van der Waals surface area contributed by atoms with Gasteiger partial charge in [0.25, 0.3) is 0 Å². The molecule has 35 heavy (non-hydrogen) atoms. The van der Waals surface area contributed by atoms with Crippen LogP contribution >= 0.6 is 0 Å². The molecule has 1 heterocycles. The van der Waals surface area contributed by atoms with Crippen molar-refractivity contribution in [2.45, 2.75) is 50.5 Å². The molecule has 1 saturated heterocycles. The van der Waals surface area contributed by atoms with Crippen molar-refractivity contribution < 1.29 is 24.2 Å². The summed E-state index contributed by atoms with van der Waals surface area (Å²) in [6, 6.07) is 16.4. The first kappa shape index (κ1) is 23.4. The molecule has 0 spiro atoms. The third kappa shape index (κ3) is 5.04. The van der Waals surface area contributed by atoms with E-state index in [2.05, 4.69) is 29.6 Å². The van der Waals surface area contributed by atoms with Gasteiger partial charge in [0.05, 0.1) is 0 Å². The maximum Gasteiger partial charge on any atom is 0.407 e. The number of ether oxygens (including phenoxy) is 1. The topological polar surface area (TPSA) is 95.9 Å². The zero-order valence-corrected chi connectivity index (χ0v) is 19.8. The standard InChI is InChI=1S/C28H32N2O5/c31-26(30-13-12-18(16-30)14-27(32)33)15-19-6-5-11-25(19)29-28(34)35-17-24-22-9-3-1-7-20(22)21-8-2-4-10-23(21)24/h1-4,7-10,18-19,24-25H,5-6,11-17H2,(H,29,34)(H,32,33)/t18?,19-,25+/m0/s1. The molecule has 1 aliphatic heterocycles. The summed E-state index contributed by atoms with van der Waals surface area (Å²) in [5, 5.41) is 12.0. The highest BCUT2D eigenvalue weighted by molar-refractivity contribution is 5.79. The minimum absolute atomic E-state index is 0.0167. The fourth-order valence-corrected chi connectivity index (χ4v) is 6.09. The van der Waals surface area contributed by atoms with E-state index in [0.717, 1.165) is 25.7 Å². The lowest BCUT2D eigenvalue weighted by molar-refractivity contribution is -0.138. The summed E-state index contributed by atoms with van der Waals surface area (Å²) in [6.45, 7) is 1.41. The van der Waals surface area contributed by atoms with Crippen LogP contribution in [0.4, 0.5) is 4.79 Å². The molecule has 3 atom stereocenters. The van der Waals surface area contributed by atoms with Crippen LogP contribution in [0.25, 0.3) is 11.1 Å². The van der Waals surface area contributed by atoms with Gasteiger partial charge in [-0.3, -0.25) is 9.59 Å². The van der Waals surface area contributed by atoms with Gasteiger partial charge in [-0.2, -0.15) is 0 Å². The number of nitrogens with zero attached hydrogens (tertiary/aromatic N) is 1. The molecule has 1 saturated carbocycles. The molecule has 0 bridgehead atoms. The van der Waals surface area contributed by atoms with E-state index in [1.165, 1.54) is 22.3 Å². The molecule has 1 unspecified atom stereocenters. The molecule has 2 N–H and O–H groups in total. The zero-order chi connectivity index (χ0) is 24.4. The Hall–Kier alpha value is -3.35. The van der Waals surface area contributed by atoms with E-state index < -0.39 is 12.1 Å². The van der Waals surface area contributed by atoms with Crippen molar-refractivity contribution in [3.05, 3.63) is 59.7 Å². The van der Waals surface area contributed by atoms with Crippen molar-refractivity contribution in [3.63, 3.8) is 0 Å². The van der Waals surface area contributed by atoms with Gasteiger partial charge in [-0.25, -0.2) is 4.79 Å². The largest absolute Gasteiger partial charge is 0.481 e. The minimum atomic E-state index is -0.813. The first-order valence-corrected chi connectivity index (χ1v) is 12.6. The number of likely N-dealkylation sites (tertiary alicyclic amines) is 1. The Bertz CT molecular complexity index is 1070. The highest BCUT2D eigenvalue weighted by Gasteiger charge is 2.35. The summed E-state index contributed by atoms with van der Waals surface area (Å²) in [4.78, 5) is 38.3. The van der Waals surface area contributed by atoms with E-state index in [1.54, 1.807) is 4.90 Å². The Kier molecular flexibility index (Phi) is 6.75. The summed E-state index contributed by atoms with van der Waals surface area (Å²) >= 11 is 0. The molecular formula is C28H32N2O5. The van der Waals surface area contributed by atoms with E-state index >= 15 is 0 Å². The molecule has 3 aliphatic rings. The number of carboxylic acid groups (broad SMARTS) is 1. The van der Waals surface area contributed by atoms with Gasteiger partial charge >= 0.3 is 12.1 Å². The summed E-state index contributed by atoms with van der Waals surface area (Å²) in [7, 11) is 0. The molecule has 2 aromatic carbocycles. The molecular weight excluding hydrogens is 444 g/mol. The molecule has 5 rings (SSSR count). The Labute approximate surface area is 205 Å². The third-order valence-corrected chi connectivity index (χ3v) is 7.84. The van der Waals surface area contributed by atoms with Crippen molar-refractivity contribution in [3.8, 4) is 11.1 Å². The molecule has 0 radical (unpaired) electrons. The molecule has 0 aromatic heterocycles. The van der Waals surface area contributed by atoms with Crippen LogP contribution in [0.5, 0.6) is 0 Å². The molecule has 7 nitrogen and oxygen atoms in total. The fourth-order valence-electron chi connectivity index (χ4n) is 6.09. The van der Waals surface area contributed by atoms with Crippen molar-refractivity contribution in [2.24, 2.45) is 11.8 Å². The second kappa shape index (κ2) is 10.1. The Morgan fingerprint density at radius 1 is 0.943 bits per heavy atom. The van der Waals surface area contributed by atoms with Crippen LogP contribution in [0.1, 0.15) is 55.6 Å². The summed E-state index contributed by atoms with van der Waals surface area (Å²) < 4.78 is 5.70. The monoisotopic (exact) mass is 476 g/mol. The number of alkyl carbamates (subject to hydrolysis) is 1. The molecule has 2 aliphatic carbocycles. The van der Waals surface area contributed by atoms with Gasteiger partial charge in [0, 0.05) is 37.9 Å². The molecule has 7 heteroatoms. The first-order valence-electron chi connectivity index (χ1n) is 12.6. The maximum atomic E-state index is 12.8. The summed E-state index contributed by atoms with van der Waals surface area (Å²) in [5.41, 5.74) is 4.74. The van der Waals surface area contributed by atoms with Crippen LogP contribution in [-0.2, 0) is 14.3 Å². The third-order valence-electron chi connectivity index (χ3n) is 7.84. The lowest BCUT2D eigenvalue weighted by atomic mass is 9.98. The number of fused-ring (bicyclic) bond motifs is 3. The van der Waals surface area contributed by atoms with Crippen molar-refractivity contribution >= 4 is 18.0 Å². The number of hydrogen-bond donors (Lipinski definition) is 2. The molecule has 2 fully saturated rings. The van der Waals surface area contributed by atoms with E-state index in [-0.39, 0.29) is 42.7 Å². The van der Waals surface area contributed by atoms with Crippen LogP contribution in [0.2, 0.25) is 0 Å². The van der Waals surface area contributed by atoms with Crippen molar-refractivity contribution in [1.29, 1.82) is 0 Å². The number of carbonyl (C=O) groups excluding carboxylic acids is 2. The lowest BCUT2D eigenvalue weighted by Gasteiger charge is -2.24. The van der Waals surface area contributed by atoms with Crippen LogP contribution in [-0.4, -0.2) is 53.7 Å². The molecule has 184 valence electrons. The van der Waals surface area contributed by atoms with Gasteiger partial charge in [0.1, 0.15) is 6.61 Å². The minimum Gasteiger partial charge on any atom is -0.481 e. The van der Waals surface area contributed by atoms with Gasteiger partial charge in [-0.15, -0.1) is 0 Å². The fraction of sp³-hybridized carbons (Fsp3) is 0.464. The maximum absolute atomic E-state index is 12.8. The summed E-state index contributed by atoms with van der Waals surface area (Å²) in [5.74, 6) is -0.615. The van der Waals surface area contributed by atoms with Crippen molar-refractivity contribution in [1.82, 2.24) is 10.2 Å². The van der Waals surface area contributed by atoms with E-state index in [4.69, 9.17) is 9.84 Å². The number of benzene rings is 2. The number of hydrogen-bond acceptors (Lipinski definition) is 4. The number of nitrogens with one attached hydrogen (secondary N) is 1. The predicted molar refractivity (Wildman–Crippen MR) is 131 cm³/mol. The Morgan fingerprint density at radius 3 is 2.31 bits per heavy atom. The Balaban J connectivity index is 1.14. The number of rotatable bonds is 7. The van der Waals surface area contributed by atoms with Gasteiger partial charge < -0.3 is 20.1 Å². The number of carbonyl (C=O) groups is 3. The second-order valence-corrected chi connectivity index (χ2v) is 10.1. The van der Waals surface area contributed by atoms with Crippen molar-refractivity contribution in [2.75, 3.05) is 19.7 Å². The second-order valence-electron chi connectivity index (χ2n) is 10.1. The highest BCUT2D eigenvalue weighted by Crippen LogP contribution is 2.44. The number of carboxylic acids is 1. The predicted octanol–water partition coefficient (Wildman–Crippen LogP) is 4.41. The zero-order valence-electron chi connectivity index (χ0n) is 19.8. The lowest BCUT2D eigenvalue weighted by Crippen LogP contribution is -2.40. The normalized spacial score (nSPS) is 23.1. The van der Waals surface area contributed by atoms with Crippen LogP contribution in [0.3, 0.4) is 0 Å². The summed E-state index contributed by atoms with van der Waals surface area (Å²) in [6.07, 6.45) is 3.50. The molecule has 2 amide bonds. The van der Waals surface area contributed by atoms with Gasteiger partial charge in [0.2, 0.25) is 5.91 Å². The average molecular weight is 477 g/mol. The van der Waals surface area contributed by atoms with Gasteiger partial charge in [0.15, 0.2) is 0 Å². The quantitative estimate of drug-likeness (QED) is 0.617. The van der Waals surface area contributed by atoms with Crippen LogP contribution in [0, 0.1) is 11.8 Å². The van der Waals surface area contributed by atoms with Crippen LogP contribution in [0.15, 0.2) is 48.5 Å². The first-order chi connectivity index (χ1) is 17.0. The molecule has 2 aromatic rings. The Morgan fingerprint density at radius 2 is 1.63 bits per heavy atom. The average Bonchev–Trinajstić information content (AvgIpc) is 3.56. The smallest absolute Gasteiger partial charge is 0.407 e. The van der Waals surface area contributed by atoms with Gasteiger partial charge in [-0.1, -0.05) is 55.0 Å². The van der Waals surface area contributed by atoms with Crippen LogP contribution < -0.4 is 5.32 Å². The van der Waals surface area contributed by atoms with E-state index in [9.17, 15) is 14.4 Å². The highest BCUT2D eigenvalue weighted by atomic mass is 16.5. The SMILES string of the molecule is O=C(O)CC1CCN(C(=O)C[C@@H]2CCC[C@H]2NC(=O)OCC2c3ccccc3-c3ccccc32)C1. The number of aliphatic carboxylic acids is 1. The van der Waals surface area contributed by atoms with Gasteiger partial charge in [-0.05, 0) is 53.4 Å². The van der Waals surface area contributed by atoms with E-state index in [1.807, 2.05) is 24.3 Å².